The molecule has 0 bridgehead atoms. The van der Waals surface area contributed by atoms with Crippen LogP contribution in [0.15, 0.2) is 4.52 Å². The molecule has 2 heterocycles. The minimum Gasteiger partial charge on any atom is -0.356 e. The fourth-order valence-electron chi connectivity index (χ4n) is 3.85. The van der Waals surface area contributed by atoms with E-state index in [1.807, 2.05) is 4.90 Å². The van der Waals surface area contributed by atoms with E-state index in [2.05, 4.69) is 15.5 Å². The van der Waals surface area contributed by atoms with Crippen LogP contribution in [0.5, 0.6) is 0 Å². The molecule has 0 radical (unpaired) electrons. The average Bonchev–Trinajstić information content (AvgIpc) is 3.27. The summed E-state index contributed by atoms with van der Waals surface area (Å²) in [7, 11) is 0. The van der Waals surface area contributed by atoms with Crippen molar-refractivity contribution in [2.45, 2.75) is 64.2 Å². The number of amides is 2. The summed E-state index contributed by atoms with van der Waals surface area (Å²) in [6, 6.07) is 0. The molecule has 3 rings (SSSR count). The van der Waals surface area contributed by atoms with E-state index in [0.29, 0.717) is 31.2 Å². The van der Waals surface area contributed by atoms with E-state index in [1.165, 1.54) is 25.7 Å². The Morgan fingerprint density at radius 2 is 1.92 bits per heavy atom. The lowest BCUT2D eigenvalue weighted by Crippen LogP contribution is -2.36. The number of aromatic nitrogens is 2. The topological polar surface area (TPSA) is 88.3 Å². The van der Waals surface area contributed by atoms with E-state index >= 15 is 0 Å². The Bertz CT molecular complexity index is 587. The summed E-state index contributed by atoms with van der Waals surface area (Å²) in [6.45, 7) is 3.64. The van der Waals surface area contributed by atoms with Crippen LogP contribution in [0, 0.1) is 5.92 Å². The lowest BCUT2D eigenvalue weighted by atomic mass is 9.96. The monoisotopic (exact) mass is 348 g/mol. The molecule has 0 spiro atoms. The van der Waals surface area contributed by atoms with Gasteiger partial charge in [0, 0.05) is 45.3 Å². The smallest absolute Gasteiger partial charge is 0.228 e. The molecule has 1 N–H and O–H groups in total. The zero-order valence-corrected chi connectivity index (χ0v) is 15.0. The van der Waals surface area contributed by atoms with Crippen LogP contribution in [0.1, 0.15) is 69.5 Å². The molecule has 25 heavy (non-hydrogen) atoms. The second kappa shape index (κ2) is 8.45. The Balaban J connectivity index is 1.38. The second-order valence-corrected chi connectivity index (χ2v) is 7.28. The highest BCUT2D eigenvalue weighted by Crippen LogP contribution is 2.27. The third kappa shape index (κ3) is 5.03. The van der Waals surface area contributed by atoms with Crippen LogP contribution in [0.3, 0.4) is 0 Å². The van der Waals surface area contributed by atoms with Crippen molar-refractivity contribution in [3.63, 3.8) is 0 Å². The van der Waals surface area contributed by atoms with Crippen molar-refractivity contribution in [1.29, 1.82) is 0 Å². The van der Waals surface area contributed by atoms with Crippen molar-refractivity contribution in [1.82, 2.24) is 20.4 Å². The largest absolute Gasteiger partial charge is 0.356 e. The maximum atomic E-state index is 11.9. The van der Waals surface area contributed by atoms with Crippen molar-refractivity contribution >= 4 is 11.8 Å². The standard InChI is InChI=1S/C18H28N4O3/c1-13(23)22-10-7-15(8-11-22)18-20-17(25-21-18)6-9-19-16(24)12-14-4-2-3-5-14/h14-15H,2-12H2,1H3,(H,19,24). The molecule has 1 aromatic rings. The molecule has 2 aliphatic rings. The number of carbonyl (C=O) groups excluding carboxylic acids is 2. The lowest BCUT2D eigenvalue weighted by Gasteiger charge is -2.29. The van der Waals surface area contributed by atoms with Gasteiger partial charge in [-0.3, -0.25) is 9.59 Å². The maximum Gasteiger partial charge on any atom is 0.228 e. The average molecular weight is 348 g/mol. The molecular weight excluding hydrogens is 320 g/mol. The summed E-state index contributed by atoms with van der Waals surface area (Å²) in [5, 5.41) is 7.04. The quantitative estimate of drug-likeness (QED) is 0.850. The molecule has 1 aliphatic heterocycles. The van der Waals surface area contributed by atoms with Gasteiger partial charge in [-0.2, -0.15) is 4.98 Å². The first kappa shape index (κ1) is 17.9. The minimum absolute atomic E-state index is 0.126. The van der Waals surface area contributed by atoms with Crippen LogP contribution < -0.4 is 5.32 Å². The van der Waals surface area contributed by atoms with E-state index < -0.39 is 0 Å². The van der Waals surface area contributed by atoms with Gasteiger partial charge in [0.25, 0.3) is 0 Å². The zero-order valence-electron chi connectivity index (χ0n) is 15.0. The summed E-state index contributed by atoms with van der Waals surface area (Å²) < 4.78 is 5.31. The van der Waals surface area contributed by atoms with Crippen LogP contribution in [0.25, 0.3) is 0 Å². The highest BCUT2D eigenvalue weighted by molar-refractivity contribution is 5.76. The van der Waals surface area contributed by atoms with E-state index in [9.17, 15) is 9.59 Å². The first-order chi connectivity index (χ1) is 12.1. The highest BCUT2D eigenvalue weighted by atomic mass is 16.5. The van der Waals surface area contributed by atoms with Gasteiger partial charge in [-0.05, 0) is 31.6 Å². The summed E-state index contributed by atoms with van der Waals surface area (Å²) in [5.74, 6) is 2.38. The molecule has 0 aromatic carbocycles. The van der Waals surface area contributed by atoms with Gasteiger partial charge in [0.05, 0.1) is 0 Å². The Labute approximate surface area is 148 Å². The maximum absolute atomic E-state index is 11.9. The molecular formula is C18H28N4O3. The molecule has 1 aromatic heterocycles. The van der Waals surface area contributed by atoms with Crippen LogP contribution in [0.4, 0.5) is 0 Å². The number of rotatable bonds is 6. The second-order valence-electron chi connectivity index (χ2n) is 7.28. The van der Waals surface area contributed by atoms with Gasteiger partial charge in [-0.15, -0.1) is 0 Å². The van der Waals surface area contributed by atoms with E-state index in [1.54, 1.807) is 6.92 Å². The number of hydrogen-bond acceptors (Lipinski definition) is 5. The lowest BCUT2D eigenvalue weighted by molar-refractivity contribution is -0.129. The molecule has 1 saturated carbocycles. The van der Waals surface area contributed by atoms with E-state index in [0.717, 1.165) is 31.8 Å². The number of likely N-dealkylation sites (tertiary alicyclic amines) is 1. The van der Waals surface area contributed by atoms with E-state index in [4.69, 9.17) is 4.52 Å². The van der Waals surface area contributed by atoms with Gasteiger partial charge in [0.1, 0.15) is 0 Å². The van der Waals surface area contributed by atoms with Crippen LogP contribution in [-0.2, 0) is 16.0 Å². The van der Waals surface area contributed by atoms with Gasteiger partial charge < -0.3 is 14.7 Å². The molecule has 0 unspecified atom stereocenters. The van der Waals surface area contributed by atoms with Gasteiger partial charge in [-0.25, -0.2) is 0 Å². The van der Waals surface area contributed by atoms with Gasteiger partial charge in [0.15, 0.2) is 5.82 Å². The SMILES string of the molecule is CC(=O)N1CCC(c2noc(CCNC(=O)CC3CCCC3)n2)CC1. The van der Waals surface area contributed by atoms with Crippen molar-refractivity contribution < 1.29 is 14.1 Å². The highest BCUT2D eigenvalue weighted by Gasteiger charge is 2.25. The van der Waals surface area contributed by atoms with Crippen LogP contribution in [-0.4, -0.2) is 46.5 Å². The van der Waals surface area contributed by atoms with Crippen molar-refractivity contribution in [3.05, 3.63) is 11.7 Å². The van der Waals surface area contributed by atoms with Crippen LogP contribution >= 0.6 is 0 Å². The fraction of sp³-hybridized carbons (Fsp3) is 0.778. The van der Waals surface area contributed by atoms with Crippen molar-refractivity contribution in [2.75, 3.05) is 19.6 Å². The van der Waals surface area contributed by atoms with Crippen LogP contribution in [0.2, 0.25) is 0 Å². The van der Waals surface area contributed by atoms with Gasteiger partial charge in [-0.1, -0.05) is 18.0 Å². The molecule has 0 atom stereocenters. The molecule has 1 saturated heterocycles. The molecule has 7 nitrogen and oxygen atoms in total. The third-order valence-corrected chi connectivity index (χ3v) is 5.40. The Kier molecular flexibility index (Phi) is 6.04. The summed E-state index contributed by atoms with van der Waals surface area (Å²) in [5.41, 5.74) is 0. The molecule has 138 valence electrons. The summed E-state index contributed by atoms with van der Waals surface area (Å²) >= 11 is 0. The van der Waals surface area contributed by atoms with Crippen molar-refractivity contribution in [2.24, 2.45) is 5.92 Å². The number of piperidine rings is 1. The minimum atomic E-state index is 0.126. The van der Waals surface area contributed by atoms with Gasteiger partial charge >= 0.3 is 0 Å². The van der Waals surface area contributed by atoms with Gasteiger partial charge in [0.2, 0.25) is 17.7 Å². The Morgan fingerprint density at radius 3 is 2.60 bits per heavy atom. The Hall–Kier alpha value is -1.92. The van der Waals surface area contributed by atoms with E-state index in [-0.39, 0.29) is 17.7 Å². The third-order valence-electron chi connectivity index (χ3n) is 5.40. The first-order valence-corrected chi connectivity index (χ1v) is 9.46. The number of nitrogens with one attached hydrogen (secondary N) is 1. The number of nitrogens with zero attached hydrogens (tertiary/aromatic N) is 3. The number of carbonyl (C=O) groups is 2. The molecule has 2 amide bonds. The molecule has 2 fully saturated rings. The zero-order chi connectivity index (χ0) is 17.6. The summed E-state index contributed by atoms with van der Waals surface area (Å²) in [6.07, 6.45) is 7.83. The van der Waals surface area contributed by atoms with Crippen molar-refractivity contribution in [3.8, 4) is 0 Å². The number of hydrogen-bond donors (Lipinski definition) is 1. The predicted octanol–water partition coefficient (Wildman–Crippen LogP) is 2.03. The normalized spacial score (nSPS) is 19.3. The molecule has 7 heteroatoms. The fourth-order valence-corrected chi connectivity index (χ4v) is 3.85. The molecule has 1 aliphatic carbocycles. The predicted molar refractivity (Wildman–Crippen MR) is 91.8 cm³/mol. The first-order valence-electron chi connectivity index (χ1n) is 9.46. The summed E-state index contributed by atoms with van der Waals surface area (Å²) in [4.78, 5) is 29.6. The Morgan fingerprint density at radius 1 is 1.20 bits per heavy atom.